The molecular weight excluding hydrogens is 564 g/mol. The van der Waals surface area contributed by atoms with E-state index in [0.29, 0.717) is 22.8 Å². The van der Waals surface area contributed by atoms with Gasteiger partial charge in [0.1, 0.15) is 17.8 Å². The Morgan fingerprint density at radius 1 is 0.952 bits per heavy atom. The molecular formula is C26H23N10O5S+. The van der Waals surface area contributed by atoms with Crippen LogP contribution < -0.4 is 15.9 Å². The van der Waals surface area contributed by atoms with E-state index in [1.165, 1.54) is 35.4 Å². The Bertz CT molecular complexity index is 1810. The van der Waals surface area contributed by atoms with E-state index in [2.05, 4.69) is 30.0 Å². The van der Waals surface area contributed by atoms with Crippen molar-refractivity contribution < 1.29 is 24.1 Å². The van der Waals surface area contributed by atoms with Gasteiger partial charge >= 0.3 is 5.96 Å². The SMILES string of the molecule is NC(=[NH2+])n1nc(-c2ccccc2)c(N=Nc2ccc(S(=O)(=O)Nc3ccncn3)cc2)c1-c1ccccc1.O=[N+]([O-])O. The topological polar surface area (TPSA) is 229 Å². The average molecular weight is 588 g/mol. The summed E-state index contributed by atoms with van der Waals surface area (Å²) >= 11 is 0. The van der Waals surface area contributed by atoms with E-state index in [-0.39, 0.29) is 16.7 Å². The lowest BCUT2D eigenvalue weighted by molar-refractivity contribution is -0.742. The quantitative estimate of drug-likeness (QED) is 0.0720. The molecule has 3 aromatic carbocycles. The summed E-state index contributed by atoms with van der Waals surface area (Å²) in [7, 11) is -3.85. The van der Waals surface area contributed by atoms with Gasteiger partial charge in [-0.05, 0) is 30.3 Å². The lowest BCUT2D eigenvalue weighted by atomic mass is 10.1. The smallest absolute Gasteiger partial charge is 0.328 e. The largest absolute Gasteiger partial charge is 0.370 e. The molecule has 0 radical (unpaired) electrons. The number of nitrogens with two attached hydrogens (primary N) is 2. The first-order valence-corrected chi connectivity index (χ1v) is 13.4. The van der Waals surface area contributed by atoms with Crippen molar-refractivity contribution in [2.45, 2.75) is 4.90 Å². The summed E-state index contributed by atoms with van der Waals surface area (Å²) in [6.07, 6.45) is 2.70. The second-order valence-corrected chi connectivity index (χ2v) is 9.93. The van der Waals surface area contributed by atoms with Gasteiger partial charge in [-0.2, -0.15) is 5.11 Å². The third-order valence-corrected chi connectivity index (χ3v) is 6.80. The standard InChI is InChI=1S/C26H21N9O2S.HNO3/c27-26(28)35-25(19-9-5-2-6-10-19)24(23(33-35)18-7-3-1-4-8-18)32-31-20-11-13-21(14-12-20)38(36,37)34-22-15-16-29-17-30-22;2-1(3)4/h1-17H,(H3,27,28)(H,29,30,34);(H,2,3,4)/p+1. The highest BCUT2D eigenvalue weighted by atomic mass is 32.2. The van der Waals surface area contributed by atoms with Gasteiger partial charge in [0, 0.05) is 17.3 Å². The second-order valence-electron chi connectivity index (χ2n) is 8.25. The molecule has 0 atom stereocenters. The van der Waals surface area contributed by atoms with E-state index >= 15 is 0 Å². The lowest BCUT2D eigenvalue weighted by Crippen LogP contribution is -2.50. The molecule has 6 N–H and O–H groups in total. The Balaban J connectivity index is 0.000000952. The number of hydrogen-bond acceptors (Lipinski definition) is 9. The highest BCUT2D eigenvalue weighted by Crippen LogP contribution is 2.39. The molecule has 0 aliphatic carbocycles. The summed E-state index contributed by atoms with van der Waals surface area (Å²) in [5, 5.41) is 33.2. The van der Waals surface area contributed by atoms with Crippen molar-refractivity contribution in [1.82, 2.24) is 19.7 Å². The van der Waals surface area contributed by atoms with E-state index in [0.717, 1.165) is 11.1 Å². The highest BCUT2D eigenvalue weighted by molar-refractivity contribution is 7.92. The maximum absolute atomic E-state index is 12.7. The molecule has 0 bridgehead atoms. The first kappa shape index (κ1) is 29.0. The number of rotatable bonds is 7. The predicted molar refractivity (Wildman–Crippen MR) is 152 cm³/mol. The van der Waals surface area contributed by atoms with Crippen LogP contribution in [0.3, 0.4) is 0 Å². The number of sulfonamides is 1. The number of anilines is 1. The van der Waals surface area contributed by atoms with Crippen LogP contribution in [0, 0.1) is 10.1 Å². The van der Waals surface area contributed by atoms with Crippen molar-refractivity contribution in [3.05, 3.63) is 114 Å². The summed E-state index contributed by atoms with van der Waals surface area (Å²) in [4.78, 5) is 16.1. The zero-order chi connectivity index (χ0) is 30.1. The number of azo groups is 1. The van der Waals surface area contributed by atoms with Crippen molar-refractivity contribution in [2.24, 2.45) is 16.0 Å². The first-order chi connectivity index (χ1) is 20.2. The van der Waals surface area contributed by atoms with Crippen molar-refractivity contribution in [3.63, 3.8) is 0 Å². The number of benzene rings is 3. The van der Waals surface area contributed by atoms with E-state index in [9.17, 15) is 8.42 Å². The maximum Gasteiger partial charge on any atom is 0.370 e. The van der Waals surface area contributed by atoms with Crippen LogP contribution in [0.15, 0.2) is 119 Å². The molecule has 0 aliphatic heterocycles. The van der Waals surface area contributed by atoms with Crippen molar-refractivity contribution in [1.29, 1.82) is 0 Å². The summed E-state index contributed by atoms with van der Waals surface area (Å²) in [6.45, 7) is 0. The zero-order valence-electron chi connectivity index (χ0n) is 21.6. The number of hydrogen-bond donors (Lipinski definition) is 4. The van der Waals surface area contributed by atoms with Crippen LogP contribution in [-0.4, -0.2) is 44.4 Å². The molecule has 0 saturated carbocycles. The molecule has 0 spiro atoms. The molecule has 42 heavy (non-hydrogen) atoms. The van der Waals surface area contributed by atoms with Crippen LogP contribution in [0.1, 0.15) is 0 Å². The van der Waals surface area contributed by atoms with Crippen LogP contribution in [0.4, 0.5) is 17.2 Å². The normalized spacial score (nSPS) is 11.0. The Morgan fingerprint density at radius 3 is 2.10 bits per heavy atom. The van der Waals surface area contributed by atoms with Gasteiger partial charge in [0.2, 0.25) is 0 Å². The molecule has 2 heterocycles. The number of aromatic nitrogens is 4. The molecule has 0 saturated heterocycles. The van der Waals surface area contributed by atoms with Crippen LogP contribution in [0.2, 0.25) is 0 Å². The Hall–Kier alpha value is -6.03. The minimum absolute atomic E-state index is 0.0202. The van der Waals surface area contributed by atoms with Gasteiger partial charge in [-0.3, -0.25) is 15.9 Å². The molecule has 0 fully saturated rings. The molecule has 16 heteroatoms. The van der Waals surface area contributed by atoms with Crippen molar-refractivity contribution >= 4 is 33.2 Å². The molecule has 0 aliphatic rings. The molecule has 0 unspecified atom stereocenters. The van der Waals surface area contributed by atoms with Gasteiger partial charge < -0.3 is 5.21 Å². The Kier molecular flexibility index (Phi) is 8.88. The molecule has 5 rings (SSSR count). The molecule has 15 nitrogen and oxygen atoms in total. The highest BCUT2D eigenvalue weighted by Gasteiger charge is 2.26. The Morgan fingerprint density at radius 2 is 1.55 bits per heavy atom. The monoisotopic (exact) mass is 587 g/mol. The van der Waals surface area contributed by atoms with E-state index < -0.39 is 15.1 Å². The fourth-order valence-corrected chi connectivity index (χ4v) is 4.69. The first-order valence-electron chi connectivity index (χ1n) is 11.9. The van der Waals surface area contributed by atoms with Crippen LogP contribution in [-0.2, 0) is 10.0 Å². The van der Waals surface area contributed by atoms with Gasteiger partial charge in [-0.25, -0.2) is 18.4 Å². The van der Waals surface area contributed by atoms with E-state index in [1.807, 2.05) is 60.7 Å². The van der Waals surface area contributed by atoms with Gasteiger partial charge in [-0.1, -0.05) is 60.7 Å². The van der Waals surface area contributed by atoms with Gasteiger partial charge in [0.05, 0.1) is 10.6 Å². The molecule has 0 amide bonds. The minimum Gasteiger partial charge on any atom is -0.328 e. The summed E-state index contributed by atoms with van der Waals surface area (Å²) in [5.41, 5.74) is 9.57. The predicted octanol–water partition coefficient (Wildman–Crippen LogP) is 2.80. The lowest BCUT2D eigenvalue weighted by Gasteiger charge is -2.06. The second kappa shape index (κ2) is 12.9. The van der Waals surface area contributed by atoms with Gasteiger partial charge in [0.15, 0.2) is 11.4 Å². The average Bonchev–Trinajstić information content (AvgIpc) is 3.37. The number of nitrogens with one attached hydrogen (secondary N) is 1. The van der Waals surface area contributed by atoms with E-state index in [4.69, 9.17) is 26.5 Å². The van der Waals surface area contributed by atoms with Crippen molar-refractivity contribution in [3.8, 4) is 22.5 Å². The fourth-order valence-electron chi connectivity index (χ4n) is 3.68. The molecule has 5 aromatic rings. The third kappa shape index (κ3) is 7.13. The van der Waals surface area contributed by atoms with Crippen LogP contribution in [0.5, 0.6) is 0 Å². The molecule has 212 valence electrons. The van der Waals surface area contributed by atoms with Crippen molar-refractivity contribution in [2.75, 3.05) is 4.72 Å². The van der Waals surface area contributed by atoms with Crippen LogP contribution in [0.25, 0.3) is 22.5 Å². The Labute approximate surface area is 238 Å². The summed E-state index contributed by atoms with van der Waals surface area (Å²) in [5.74, 6) is 0.145. The van der Waals surface area contributed by atoms with Gasteiger partial charge in [-0.15, -0.1) is 25.0 Å². The zero-order valence-corrected chi connectivity index (χ0v) is 22.4. The van der Waals surface area contributed by atoms with Gasteiger partial charge in [0.25, 0.3) is 15.1 Å². The fraction of sp³-hybridized carbons (Fsp3) is 0. The minimum atomic E-state index is -3.85. The molecule has 2 aromatic heterocycles. The summed E-state index contributed by atoms with van der Waals surface area (Å²) < 4.78 is 29.2. The third-order valence-electron chi connectivity index (χ3n) is 5.43. The summed E-state index contributed by atoms with van der Waals surface area (Å²) in [6, 6.07) is 26.4. The van der Waals surface area contributed by atoms with Crippen LogP contribution >= 0.6 is 0 Å². The maximum atomic E-state index is 12.7. The van der Waals surface area contributed by atoms with E-state index in [1.54, 1.807) is 12.1 Å². The number of nitrogens with zero attached hydrogens (tertiary/aromatic N) is 7.